The third-order valence-electron chi connectivity index (χ3n) is 6.49. The minimum absolute atomic E-state index is 0.0448. The molecule has 1 fully saturated rings. The summed E-state index contributed by atoms with van der Waals surface area (Å²) < 4.78 is 3.77. The Hall–Kier alpha value is -4.43. The van der Waals surface area contributed by atoms with Gasteiger partial charge < -0.3 is 20.3 Å². The molecule has 1 aliphatic carbocycles. The first kappa shape index (κ1) is 22.1. The van der Waals surface area contributed by atoms with Crippen molar-refractivity contribution in [2.45, 2.75) is 25.4 Å². The van der Waals surface area contributed by atoms with Gasteiger partial charge >= 0.3 is 0 Å². The number of carbonyl (C=O) groups excluding carboxylic acids is 2. The van der Waals surface area contributed by atoms with Crippen LogP contribution in [0.2, 0.25) is 0 Å². The molecule has 0 aliphatic heterocycles. The number of amides is 2. The third kappa shape index (κ3) is 4.23. The predicted octanol–water partition coefficient (Wildman–Crippen LogP) is 4.12. The first-order valence-corrected chi connectivity index (χ1v) is 12.0. The summed E-state index contributed by atoms with van der Waals surface area (Å²) in [5.41, 5.74) is 4.60. The van der Waals surface area contributed by atoms with Crippen molar-refractivity contribution in [1.82, 2.24) is 19.7 Å². The summed E-state index contributed by atoms with van der Waals surface area (Å²) in [6.45, 7) is 0.580. The summed E-state index contributed by atoms with van der Waals surface area (Å²) in [6, 6.07) is 20.8. The molecule has 36 heavy (non-hydrogen) atoms. The molecule has 0 spiro atoms. The van der Waals surface area contributed by atoms with Crippen LogP contribution >= 0.6 is 0 Å². The van der Waals surface area contributed by atoms with Crippen molar-refractivity contribution in [3.05, 3.63) is 90.3 Å². The number of aliphatic hydroxyl groups excluding tert-OH is 1. The molecular weight excluding hydrogens is 454 g/mol. The summed E-state index contributed by atoms with van der Waals surface area (Å²) in [6.07, 6.45) is 5.78. The van der Waals surface area contributed by atoms with Crippen molar-refractivity contribution in [1.29, 1.82) is 0 Å². The number of carbonyl (C=O) groups is 2. The zero-order chi connectivity index (χ0) is 24.6. The minimum Gasteiger partial charge on any atom is -0.395 e. The first-order chi connectivity index (χ1) is 17.6. The Morgan fingerprint density at radius 3 is 2.44 bits per heavy atom. The fourth-order valence-corrected chi connectivity index (χ4v) is 4.41. The molecule has 8 heteroatoms. The van der Waals surface area contributed by atoms with E-state index in [1.54, 1.807) is 12.3 Å². The van der Waals surface area contributed by atoms with Crippen LogP contribution in [0.1, 0.15) is 33.6 Å². The molecule has 1 saturated carbocycles. The van der Waals surface area contributed by atoms with E-state index in [0.29, 0.717) is 29.4 Å². The molecule has 2 heterocycles. The average molecular weight is 480 g/mol. The van der Waals surface area contributed by atoms with Crippen molar-refractivity contribution in [3.63, 3.8) is 0 Å². The van der Waals surface area contributed by atoms with Crippen LogP contribution in [-0.2, 0) is 6.54 Å². The van der Waals surface area contributed by atoms with Crippen LogP contribution < -0.4 is 10.6 Å². The molecule has 0 unspecified atom stereocenters. The van der Waals surface area contributed by atoms with Gasteiger partial charge in [-0.2, -0.15) is 5.10 Å². The number of hydrogen-bond acceptors (Lipinski definition) is 4. The molecule has 5 aromatic rings. The molecule has 2 amide bonds. The van der Waals surface area contributed by atoms with Crippen molar-refractivity contribution < 1.29 is 14.7 Å². The van der Waals surface area contributed by atoms with Crippen LogP contribution in [0.5, 0.6) is 0 Å². The van der Waals surface area contributed by atoms with Gasteiger partial charge in [0.15, 0.2) is 0 Å². The fraction of sp³-hybridized carbons (Fsp3) is 0.179. The lowest BCUT2D eigenvalue weighted by atomic mass is 10.1. The Morgan fingerprint density at radius 1 is 0.889 bits per heavy atom. The van der Waals surface area contributed by atoms with Gasteiger partial charge in [-0.25, -0.2) is 4.68 Å². The van der Waals surface area contributed by atoms with Gasteiger partial charge in [0.05, 0.1) is 24.0 Å². The van der Waals surface area contributed by atoms with E-state index in [-0.39, 0.29) is 18.4 Å². The maximum Gasteiger partial charge on any atom is 0.255 e. The van der Waals surface area contributed by atoms with Crippen molar-refractivity contribution in [2.24, 2.45) is 0 Å². The first-order valence-electron chi connectivity index (χ1n) is 12.0. The van der Waals surface area contributed by atoms with Gasteiger partial charge in [-0.05, 0) is 79.6 Å². The highest BCUT2D eigenvalue weighted by atomic mass is 16.3. The van der Waals surface area contributed by atoms with Gasteiger partial charge in [0, 0.05) is 51.9 Å². The van der Waals surface area contributed by atoms with E-state index in [0.717, 1.165) is 40.3 Å². The fourth-order valence-electron chi connectivity index (χ4n) is 4.41. The largest absolute Gasteiger partial charge is 0.395 e. The van der Waals surface area contributed by atoms with Gasteiger partial charge in [0.1, 0.15) is 0 Å². The zero-order valence-corrected chi connectivity index (χ0v) is 19.5. The highest BCUT2D eigenvalue weighted by Crippen LogP contribution is 2.24. The second kappa shape index (κ2) is 8.98. The van der Waals surface area contributed by atoms with Crippen LogP contribution in [0.3, 0.4) is 0 Å². The van der Waals surface area contributed by atoms with E-state index < -0.39 is 0 Å². The maximum atomic E-state index is 12.9. The molecule has 0 saturated heterocycles. The summed E-state index contributed by atoms with van der Waals surface area (Å²) in [5, 5.41) is 21.5. The van der Waals surface area contributed by atoms with Gasteiger partial charge in [0.2, 0.25) is 0 Å². The van der Waals surface area contributed by atoms with Gasteiger partial charge in [-0.3, -0.25) is 9.59 Å². The predicted molar refractivity (Wildman–Crippen MR) is 139 cm³/mol. The molecule has 8 nitrogen and oxygen atoms in total. The molecule has 6 rings (SSSR count). The lowest BCUT2D eigenvalue weighted by molar-refractivity contribution is 0.0950. The lowest BCUT2D eigenvalue weighted by Crippen LogP contribution is -2.25. The Labute approximate surface area is 207 Å². The summed E-state index contributed by atoms with van der Waals surface area (Å²) in [5.74, 6) is -0.241. The molecule has 1 aliphatic rings. The van der Waals surface area contributed by atoms with Crippen LogP contribution in [0.25, 0.3) is 27.5 Å². The number of benzene rings is 3. The molecular formula is C28H25N5O3. The van der Waals surface area contributed by atoms with E-state index >= 15 is 0 Å². The molecule has 3 aromatic carbocycles. The Morgan fingerprint density at radius 2 is 1.67 bits per heavy atom. The summed E-state index contributed by atoms with van der Waals surface area (Å²) in [7, 11) is 0. The Balaban J connectivity index is 1.19. The second-order valence-electron chi connectivity index (χ2n) is 9.09. The number of aromatic nitrogens is 3. The Bertz CT molecular complexity index is 1600. The molecule has 2 aromatic heterocycles. The number of anilines is 1. The van der Waals surface area contributed by atoms with Crippen molar-refractivity contribution >= 4 is 39.3 Å². The highest BCUT2D eigenvalue weighted by molar-refractivity contribution is 6.07. The number of rotatable bonds is 7. The zero-order valence-electron chi connectivity index (χ0n) is 19.5. The normalized spacial score (nSPS) is 13.2. The summed E-state index contributed by atoms with van der Waals surface area (Å²) in [4.78, 5) is 25.1. The monoisotopic (exact) mass is 479 g/mol. The number of aliphatic hydroxyl groups is 1. The van der Waals surface area contributed by atoms with Crippen molar-refractivity contribution in [2.75, 3.05) is 11.9 Å². The topological polar surface area (TPSA) is 101 Å². The van der Waals surface area contributed by atoms with Gasteiger partial charge in [-0.15, -0.1) is 0 Å². The summed E-state index contributed by atoms with van der Waals surface area (Å²) >= 11 is 0. The highest BCUT2D eigenvalue weighted by Gasteiger charge is 2.23. The number of fused-ring (bicyclic) bond motifs is 2. The molecule has 3 N–H and O–H groups in total. The van der Waals surface area contributed by atoms with Gasteiger partial charge in [-0.1, -0.05) is 0 Å². The Kier molecular flexibility index (Phi) is 5.50. The smallest absolute Gasteiger partial charge is 0.255 e. The van der Waals surface area contributed by atoms with E-state index in [1.165, 1.54) is 0 Å². The van der Waals surface area contributed by atoms with Gasteiger partial charge in [0.25, 0.3) is 11.8 Å². The van der Waals surface area contributed by atoms with E-state index in [2.05, 4.69) is 15.7 Å². The van der Waals surface area contributed by atoms with Crippen LogP contribution in [0, 0.1) is 0 Å². The number of nitrogens with zero attached hydrogens (tertiary/aromatic N) is 3. The van der Waals surface area contributed by atoms with E-state index in [1.807, 2.05) is 76.1 Å². The lowest BCUT2D eigenvalue weighted by Gasteiger charge is -2.08. The maximum absolute atomic E-state index is 12.9. The van der Waals surface area contributed by atoms with Crippen LogP contribution in [0.15, 0.2) is 79.1 Å². The standard InChI is InChI=1S/C28H25N5O3/c34-14-13-32-12-11-19-15-20(3-9-25(19)32)28(36)31-23-6-10-26-21(16-23)17-29-33(26)24-7-1-18(2-8-24)27(35)30-22-4-5-22/h1-3,6-12,15-17,22,34H,4-5,13-14H2,(H,30,35)(H,31,36). The molecule has 0 atom stereocenters. The van der Waals surface area contributed by atoms with Crippen LogP contribution in [-0.4, -0.2) is 43.9 Å². The quantitative estimate of drug-likeness (QED) is 0.327. The molecule has 180 valence electrons. The van der Waals surface area contributed by atoms with E-state index in [4.69, 9.17) is 0 Å². The second-order valence-corrected chi connectivity index (χ2v) is 9.09. The van der Waals surface area contributed by atoms with Crippen LogP contribution in [0.4, 0.5) is 5.69 Å². The van der Waals surface area contributed by atoms with E-state index in [9.17, 15) is 14.7 Å². The SMILES string of the molecule is O=C(Nc1ccc2c(cnn2-c2ccc(C(=O)NC3CC3)cc2)c1)c1ccc2c(ccn2CCO)c1. The molecule has 0 radical (unpaired) electrons. The minimum atomic E-state index is -0.196. The third-order valence-corrected chi connectivity index (χ3v) is 6.49. The molecule has 0 bridgehead atoms. The van der Waals surface area contributed by atoms with Crippen molar-refractivity contribution in [3.8, 4) is 5.69 Å². The number of hydrogen-bond donors (Lipinski definition) is 3. The average Bonchev–Trinajstić information content (AvgIpc) is 3.47. The number of nitrogens with one attached hydrogen (secondary N) is 2.